The molecule has 0 amide bonds. The Morgan fingerprint density at radius 1 is 0.970 bits per heavy atom. The van der Waals surface area contributed by atoms with Crippen molar-refractivity contribution in [2.45, 2.75) is 25.0 Å². The molecule has 0 saturated carbocycles. The van der Waals surface area contributed by atoms with Crippen LogP contribution >= 0.6 is 0 Å². The standard InChI is InChI=1S/C26H27NO6/c28-23-15-22(31-18-24(23)29)17-32-25(30)16-27-13-11-21(12-14-27)33-26(19-7-3-1-4-8-19)20-9-5-2-6-10-20/h1-10,15,21,26H,11-14,16-18H2. The zero-order valence-electron chi connectivity index (χ0n) is 18.4. The van der Waals surface area contributed by atoms with E-state index < -0.39 is 17.5 Å². The van der Waals surface area contributed by atoms with Crippen molar-refractivity contribution >= 4 is 17.5 Å². The zero-order valence-corrected chi connectivity index (χ0v) is 18.4. The molecule has 7 heteroatoms. The molecular weight excluding hydrogens is 422 g/mol. The van der Waals surface area contributed by atoms with E-state index in [2.05, 4.69) is 24.3 Å². The van der Waals surface area contributed by atoms with Crippen molar-refractivity contribution in [3.63, 3.8) is 0 Å². The van der Waals surface area contributed by atoms with Crippen LogP contribution in [0.15, 0.2) is 72.5 Å². The number of rotatable bonds is 8. The fraction of sp³-hybridized carbons (Fsp3) is 0.346. The normalized spacial score (nSPS) is 17.5. The lowest BCUT2D eigenvalue weighted by Crippen LogP contribution is -2.40. The van der Waals surface area contributed by atoms with Crippen LogP contribution in [0, 0.1) is 0 Å². The number of benzene rings is 2. The largest absolute Gasteiger partial charge is 0.486 e. The van der Waals surface area contributed by atoms with Gasteiger partial charge >= 0.3 is 5.97 Å². The summed E-state index contributed by atoms with van der Waals surface area (Å²) < 4.78 is 16.9. The summed E-state index contributed by atoms with van der Waals surface area (Å²) in [6.45, 7) is 1.16. The van der Waals surface area contributed by atoms with E-state index in [4.69, 9.17) is 14.2 Å². The van der Waals surface area contributed by atoms with E-state index in [0.29, 0.717) is 0 Å². The predicted octanol–water partition coefficient (Wildman–Crippen LogP) is 2.85. The van der Waals surface area contributed by atoms with Gasteiger partial charge in [0.15, 0.2) is 6.61 Å². The maximum absolute atomic E-state index is 12.2. The van der Waals surface area contributed by atoms with Gasteiger partial charge in [0.05, 0.1) is 12.6 Å². The minimum atomic E-state index is -0.626. The molecule has 4 rings (SSSR count). The lowest BCUT2D eigenvalue weighted by atomic mass is 10.00. The summed E-state index contributed by atoms with van der Waals surface area (Å²) in [6.07, 6.45) is 2.67. The molecule has 1 fully saturated rings. The first-order valence-electron chi connectivity index (χ1n) is 11.1. The molecule has 1 saturated heterocycles. The number of nitrogens with zero attached hydrogens (tertiary/aromatic N) is 1. The molecule has 172 valence electrons. The number of esters is 1. The lowest BCUT2D eigenvalue weighted by molar-refractivity contribution is -0.146. The van der Waals surface area contributed by atoms with Gasteiger partial charge < -0.3 is 14.2 Å². The van der Waals surface area contributed by atoms with Gasteiger partial charge in [0.2, 0.25) is 11.6 Å². The molecule has 0 aliphatic carbocycles. The average Bonchev–Trinajstić information content (AvgIpc) is 2.85. The monoisotopic (exact) mass is 449 g/mol. The SMILES string of the molecule is O=C(CN1CCC(OC(c2ccccc2)c2ccccc2)CC1)OCC1=CC(=O)C(=O)CO1. The molecule has 0 spiro atoms. The number of allylic oxidation sites excluding steroid dienone is 1. The summed E-state index contributed by atoms with van der Waals surface area (Å²) in [5, 5.41) is 0. The first kappa shape index (κ1) is 22.9. The number of ether oxygens (including phenoxy) is 3. The first-order chi connectivity index (χ1) is 16.1. The number of hydrogen-bond donors (Lipinski definition) is 0. The van der Waals surface area contributed by atoms with Gasteiger partial charge in [-0.1, -0.05) is 60.7 Å². The van der Waals surface area contributed by atoms with Gasteiger partial charge in [-0.25, -0.2) is 0 Å². The van der Waals surface area contributed by atoms with Crippen molar-refractivity contribution in [3.8, 4) is 0 Å². The topological polar surface area (TPSA) is 82.1 Å². The van der Waals surface area contributed by atoms with Crippen LogP contribution in [0.3, 0.4) is 0 Å². The van der Waals surface area contributed by atoms with Crippen LogP contribution in [0.25, 0.3) is 0 Å². The highest BCUT2D eigenvalue weighted by Gasteiger charge is 2.26. The predicted molar refractivity (Wildman–Crippen MR) is 120 cm³/mol. The van der Waals surface area contributed by atoms with E-state index in [1.165, 1.54) is 0 Å². The molecule has 2 aliphatic heterocycles. The van der Waals surface area contributed by atoms with Crippen molar-refractivity contribution < 1.29 is 28.6 Å². The molecular formula is C26H27NO6. The number of piperidine rings is 1. The highest BCUT2D eigenvalue weighted by molar-refractivity contribution is 6.42. The van der Waals surface area contributed by atoms with Crippen molar-refractivity contribution in [1.29, 1.82) is 0 Å². The highest BCUT2D eigenvalue weighted by Crippen LogP contribution is 2.29. The summed E-state index contributed by atoms with van der Waals surface area (Å²) in [7, 11) is 0. The molecule has 0 bridgehead atoms. The Morgan fingerprint density at radius 2 is 1.58 bits per heavy atom. The van der Waals surface area contributed by atoms with Crippen LogP contribution in [-0.4, -0.2) is 61.4 Å². The van der Waals surface area contributed by atoms with Crippen molar-refractivity contribution in [3.05, 3.63) is 83.6 Å². The number of likely N-dealkylation sites (tertiary alicyclic amines) is 1. The van der Waals surface area contributed by atoms with Crippen LogP contribution < -0.4 is 0 Å². The molecule has 2 aromatic rings. The summed E-state index contributed by atoms with van der Waals surface area (Å²) in [5.74, 6) is -1.42. The Bertz CT molecular complexity index is 956. The summed E-state index contributed by atoms with van der Waals surface area (Å²) in [4.78, 5) is 36.8. The first-order valence-corrected chi connectivity index (χ1v) is 11.1. The number of carbonyl (C=O) groups is 3. The van der Waals surface area contributed by atoms with Gasteiger partial charge in [0, 0.05) is 19.2 Å². The smallest absolute Gasteiger partial charge is 0.320 e. The fourth-order valence-electron chi connectivity index (χ4n) is 3.96. The minimum Gasteiger partial charge on any atom is -0.486 e. The van der Waals surface area contributed by atoms with E-state index in [-0.39, 0.29) is 37.7 Å². The summed E-state index contributed by atoms with van der Waals surface area (Å²) >= 11 is 0. The molecule has 2 aliphatic rings. The number of ketones is 2. The highest BCUT2D eigenvalue weighted by atomic mass is 16.6. The van der Waals surface area contributed by atoms with E-state index in [1.54, 1.807) is 0 Å². The number of hydrogen-bond acceptors (Lipinski definition) is 7. The minimum absolute atomic E-state index is 0.0898. The zero-order chi connectivity index (χ0) is 23.0. The van der Waals surface area contributed by atoms with Crippen LogP contribution in [0.1, 0.15) is 30.1 Å². The molecule has 0 atom stereocenters. The van der Waals surface area contributed by atoms with Crippen LogP contribution in [0.4, 0.5) is 0 Å². The lowest BCUT2D eigenvalue weighted by Gasteiger charge is -2.33. The third-order valence-corrected chi connectivity index (χ3v) is 5.75. The molecule has 0 N–H and O–H groups in total. The molecule has 0 radical (unpaired) electrons. The molecule has 0 aromatic heterocycles. The average molecular weight is 450 g/mol. The molecule has 2 heterocycles. The molecule has 33 heavy (non-hydrogen) atoms. The second-order valence-corrected chi connectivity index (χ2v) is 8.16. The van der Waals surface area contributed by atoms with Crippen molar-refractivity contribution in [1.82, 2.24) is 4.90 Å². The summed E-state index contributed by atoms with van der Waals surface area (Å²) in [5.41, 5.74) is 2.24. The van der Waals surface area contributed by atoms with Gasteiger partial charge in [0.25, 0.3) is 0 Å². The third-order valence-electron chi connectivity index (χ3n) is 5.75. The van der Waals surface area contributed by atoms with Gasteiger partial charge in [0.1, 0.15) is 18.5 Å². The van der Waals surface area contributed by atoms with Crippen LogP contribution in [-0.2, 0) is 28.6 Å². The Labute approximate surface area is 192 Å². The van der Waals surface area contributed by atoms with Crippen molar-refractivity contribution in [2.75, 3.05) is 32.8 Å². The fourth-order valence-corrected chi connectivity index (χ4v) is 3.96. The van der Waals surface area contributed by atoms with Gasteiger partial charge in [-0.2, -0.15) is 0 Å². The number of carbonyl (C=O) groups excluding carboxylic acids is 3. The summed E-state index contributed by atoms with van der Waals surface area (Å²) in [6, 6.07) is 20.4. The molecule has 2 aromatic carbocycles. The Morgan fingerprint density at radius 3 is 2.15 bits per heavy atom. The maximum Gasteiger partial charge on any atom is 0.320 e. The van der Waals surface area contributed by atoms with Gasteiger partial charge in [-0.05, 0) is 24.0 Å². The second kappa shape index (κ2) is 11.0. The van der Waals surface area contributed by atoms with E-state index in [9.17, 15) is 14.4 Å². The molecule has 7 nitrogen and oxygen atoms in total. The Kier molecular flexibility index (Phi) is 7.65. The van der Waals surface area contributed by atoms with Gasteiger partial charge in [-0.3, -0.25) is 19.3 Å². The van der Waals surface area contributed by atoms with Crippen LogP contribution in [0.2, 0.25) is 0 Å². The third kappa shape index (κ3) is 6.37. The second-order valence-electron chi connectivity index (χ2n) is 8.16. The number of Topliss-reactive ketones (excluding diaryl/α,β-unsaturated/α-hetero) is 1. The van der Waals surface area contributed by atoms with Crippen molar-refractivity contribution in [2.24, 2.45) is 0 Å². The quantitative estimate of drug-likeness (QED) is 0.453. The maximum atomic E-state index is 12.2. The van der Waals surface area contributed by atoms with Crippen LogP contribution in [0.5, 0.6) is 0 Å². The Hall–Kier alpha value is -3.29. The van der Waals surface area contributed by atoms with E-state index in [0.717, 1.165) is 43.1 Å². The van der Waals surface area contributed by atoms with E-state index in [1.807, 2.05) is 41.3 Å². The Balaban J connectivity index is 1.26. The van der Waals surface area contributed by atoms with Gasteiger partial charge in [-0.15, -0.1) is 0 Å². The molecule has 0 unspecified atom stereocenters. The van der Waals surface area contributed by atoms with E-state index >= 15 is 0 Å².